The summed E-state index contributed by atoms with van der Waals surface area (Å²) in [5, 5.41) is 14.8. The Bertz CT molecular complexity index is 1500. The molecule has 0 bridgehead atoms. The van der Waals surface area contributed by atoms with Crippen molar-refractivity contribution in [3.63, 3.8) is 0 Å². The van der Waals surface area contributed by atoms with Crippen molar-refractivity contribution < 1.29 is 18.8 Å². The number of primary amides is 1. The van der Waals surface area contributed by atoms with Crippen molar-refractivity contribution in [1.82, 2.24) is 34.8 Å². The maximum atomic E-state index is 14.3. The van der Waals surface area contributed by atoms with Crippen LogP contribution in [0.1, 0.15) is 16.9 Å². The fourth-order valence-electron chi connectivity index (χ4n) is 4.22. The number of nitrogens with two attached hydrogens (primary N) is 1. The van der Waals surface area contributed by atoms with Gasteiger partial charge in [0.25, 0.3) is 5.91 Å². The lowest BCUT2D eigenvalue weighted by Gasteiger charge is -2.23. The van der Waals surface area contributed by atoms with Crippen LogP contribution < -0.4 is 11.1 Å². The number of nitrogens with one attached hydrogen (secondary N) is 1. The molecule has 1 aliphatic rings. The molecule has 2 atom stereocenters. The number of aromatic nitrogens is 6. The molecule has 3 aromatic heterocycles. The van der Waals surface area contributed by atoms with E-state index in [1.165, 1.54) is 17.1 Å². The third-order valence-electron chi connectivity index (χ3n) is 5.91. The smallest absolute Gasteiger partial charge is 0.269 e. The number of nitrogens with zero attached hydrogens (tertiary/aromatic N) is 7. The van der Waals surface area contributed by atoms with Gasteiger partial charge in [0, 0.05) is 29.8 Å². The van der Waals surface area contributed by atoms with Gasteiger partial charge in [-0.3, -0.25) is 24.4 Å². The van der Waals surface area contributed by atoms with Crippen LogP contribution in [0.25, 0.3) is 22.0 Å². The number of alkyl halides is 1. The van der Waals surface area contributed by atoms with Crippen LogP contribution in [0.3, 0.4) is 0 Å². The summed E-state index contributed by atoms with van der Waals surface area (Å²) in [6.07, 6.45) is 4.48. The van der Waals surface area contributed by atoms with Gasteiger partial charge < -0.3 is 10.6 Å². The SMILES string of the molecule is NC(=O)c1nn(CC(=O)N2C[C@H](F)C[C@H]2C(=O)Nc2ncc(Br)cn2)c2ccc(-c3ccnnc3)cc12. The van der Waals surface area contributed by atoms with E-state index < -0.39 is 29.9 Å². The average molecular weight is 568 g/mol. The Kier molecular flexibility index (Phi) is 6.56. The average Bonchev–Trinajstić information content (AvgIpc) is 3.46. The molecule has 4 aromatic rings. The quantitative estimate of drug-likeness (QED) is 0.355. The number of fused-ring (bicyclic) bond motifs is 1. The van der Waals surface area contributed by atoms with Crippen molar-refractivity contribution in [2.45, 2.75) is 25.2 Å². The first-order chi connectivity index (χ1) is 17.8. The summed E-state index contributed by atoms with van der Waals surface area (Å²) < 4.78 is 16.3. The number of rotatable bonds is 6. The van der Waals surface area contributed by atoms with Gasteiger partial charge in [-0.2, -0.15) is 15.3 Å². The number of carbonyl (C=O) groups is 3. The van der Waals surface area contributed by atoms with E-state index in [0.29, 0.717) is 15.4 Å². The fraction of sp³-hybridized carbons (Fsp3) is 0.217. The van der Waals surface area contributed by atoms with Crippen LogP contribution in [0.2, 0.25) is 0 Å². The van der Waals surface area contributed by atoms with Crippen LogP contribution in [0.5, 0.6) is 0 Å². The molecule has 1 aliphatic heterocycles. The summed E-state index contributed by atoms with van der Waals surface area (Å²) in [4.78, 5) is 47.3. The normalized spacial score (nSPS) is 17.2. The highest BCUT2D eigenvalue weighted by Gasteiger charge is 2.40. The van der Waals surface area contributed by atoms with Crippen LogP contribution in [0.15, 0.2) is 53.5 Å². The minimum atomic E-state index is -1.38. The van der Waals surface area contributed by atoms with Crippen molar-refractivity contribution in [2.75, 3.05) is 11.9 Å². The van der Waals surface area contributed by atoms with Gasteiger partial charge in [-0.15, -0.1) is 0 Å². The molecule has 1 saturated heterocycles. The summed E-state index contributed by atoms with van der Waals surface area (Å²) in [5.74, 6) is -1.88. The molecular formula is C23H19BrFN9O3. The van der Waals surface area contributed by atoms with E-state index >= 15 is 0 Å². The summed E-state index contributed by atoms with van der Waals surface area (Å²) in [7, 11) is 0. The predicted octanol–water partition coefficient (Wildman–Crippen LogP) is 1.72. The number of likely N-dealkylation sites (tertiary alicyclic amines) is 1. The first-order valence-electron chi connectivity index (χ1n) is 11.1. The van der Waals surface area contributed by atoms with E-state index in [2.05, 4.69) is 46.5 Å². The van der Waals surface area contributed by atoms with E-state index in [0.717, 1.165) is 16.0 Å². The third kappa shape index (κ3) is 5.00. The predicted molar refractivity (Wildman–Crippen MR) is 133 cm³/mol. The van der Waals surface area contributed by atoms with Gasteiger partial charge in [0.05, 0.1) is 28.9 Å². The van der Waals surface area contributed by atoms with Gasteiger partial charge in [-0.1, -0.05) is 6.07 Å². The zero-order chi connectivity index (χ0) is 26.1. The van der Waals surface area contributed by atoms with Crippen molar-refractivity contribution in [1.29, 1.82) is 0 Å². The molecule has 3 amide bonds. The summed E-state index contributed by atoms with van der Waals surface area (Å²) in [6, 6.07) is 5.92. The molecule has 12 nitrogen and oxygen atoms in total. The van der Waals surface area contributed by atoms with Gasteiger partial charge in [-0.25, -0.2) is 14.4 Å². The van der Waals surface area contributed by atoms with Crippen LogP contribution >= 0.6 is 15.9 Å². The third-order valence-corrected chi connectivity index (χ3v) is 6.32. The highest BCUT2D eigenvalue weighted by molar-refractivity contribution is 9.10. The second kappa shape index (κ2) is 9.97. The Balaban J connectivity index is 1.40. The van der Waals surface area contributed by atoms with Crippen molar-refractivity contribution in [3.8, 4) is 11.1 Å². The Hall–Kier alpha value is -4.33. The number of hydrogen-bond acceptors (Lipinski definition) is 8. The summed E-state index contributed by atoms with van der Waals surface area (Å²) >= 11 is 3.21. The Morgan fingerprint density at radius 2 is 1.89 bits per heavy atom. The van der Waals surface area contributed by atoms with E-state index in [-0.39, 0.29) is 31.2 Å². The Morgan fingerprint density at radius 1 is 1.11 bits per heavy atom. The molecule has 3 N–H and O–H groups in total. The minimum absolute atomic E-state index is 0.0156. The lowest BCUT2D eigenvalue weighted by molar-refractivity contribution is -0.137. The van der Waals surface area contributed by atoms with E-state index in [1.807, 2.05) is 0 Å². The fourth-order valence-corrected chi connectivity index (χ4v) is 4.43. The number of carbonyl (C=O) groups excluding carboxylic acids is 3. The van der Waals surface area contributed by atoms with Crippen LogP contribution in [-0.2, 0) is 16.1 Å². The van der Waals surface area contributed by atoms with Gasteiger partial charge in [-0.05, 0) is 39.7 Å². The lowest BCUT2D eigenvalue weighted by Crippen LogP contribution is -2.44. The van der Waals surface area contributed by atoms with E-state index in [4.69, 9.17) is 5.73 Å². The molecule has 0 aliphatic carbocycles. The van der Waals surface area contributed by atoms with Gasteiger partial charge in [0.1, 0.15) is 18.8 Å². The van der Waals surface area contributed by atoms with Crippen molar-refractivity contribution in [2.24, 2.45) is 5.73 Å². The molecule has 5 rings (SSSR count). The molecule has 1 fully saturated rings. The van der Waals surface area contributed by atoms with Crippen molar-refractivity contribution in [3.05, 3.63) is 59.2 Å². The summed E-state index contributed by atoms with van der Waals surface area (Å²) in [6.45, 7) is -0.579. The number of halogens is 2. The monoisotopic (exact) mass is 567 g/mol. The molecule has 0 radical (unpaired) electrons. The second-order valence-electron chi connectivity index (χ2n) is 8.34. The van der Waals surface area contributed by atoms with Gasteiger partial charge in [0.15, 0.2) is 5.69 Å². The first kappa shape index (κ1) is 24.4. The molecule has 4 heterocycles. The minimum Gasteiger partial charge on any atom is -0.364 e. The standard InChI is InChI=1S/C23H19BrFN9O3/c24-14-8-27-23(28-9-14)31-22(37)18-6-15(25)10-33(18)19(35)11-34-17-2-1-12(13-3-4-29-30-7-13)5-16(17)20(32-34)21(26)36/h1-5,7-9,15,18H,6,10-11H2,(H2,26,36)(H,27,28,31,37)/t15-,18+/m1/s1. The highest BCUT2D eigenvalue weighted by atomic mass is 79.9. The number of benzene rings is 1. The van der Waals surface area contributed by atoms with Crippen LogP contribution in [-0.4, -0.2) is 71.3 Å². The van der Waals surface area contributed by atoms with Crippen LogP contribution in [0, 0.1) is 0 Å². The molecule has 0 spiro atoms. The first-order valence-corrected chi connectivity index (χ1v) is 11.9. The van der Waals surface area contributed by atoms with Crippen molar-refractivity contribution >= 4 is 50.5 Å². The molecule has 0 unspecified atom stereocenters. The van der Waals surface area contributed by atoms with Gasteiger partial charge in [0.2, 0.25) is 17.8 Å². The molecular weight excluding hydrogens is 549 g/mol. The number of amides is 3. The number of hydrogen-bond donors (Lipinski definition) is 2. The molecule has 1 aromatic carbocycles. The maximum absolute atomic E-state index is 14.3. The van der Waals surface area contributed by atoms with E-state index in [9.17, 15) is 18.8 Å². The Morgan fingerprint density at radius 3 is 2.59 bits per heavy atom. The molecule has 37 heavy (non-hydrogen) atoms. The molecule has 14 heteroatoms. The lowest BCUT2D eigenvalue weighted by atomic mass is 10.0. The summed E-state index contributed by atoms with van der Waals surface area (Å²) in [5.41, 5.74) is 7.53. The largest absolute Gasteiger partial charge is 0.364 e. The zero-order valence-corrected chi connectivity index (χ0v) is 20.7. The van der Waals surface area contributed by atoms with E-state index in [1.54, 1.807) is 36.7 Å². The second-order valence-corrected chi connectivity index (χ2v) is 9.26. The zero-order valence-electron chi connectivity index (χ0n) is 19.1. The maximum Gasteiger partial charge on any atom is 0.269 e. The highest BCUT2D eigenvalue weighted by Crippen LogP contribution is 2.27. The molecule has 0 saturated carbocycles. The number of anilines is 1. The molecule has 188 valence electrons. The topological polar surface area (TPSA) is 162 Å². The Labute approximate surface area is 217 Å². The van der Waals surface area contributed by atoms with Crippen LogP contribution in [0.4, 0.5) is 10.3 Å². The van der Waals surface area contributed by atoms with Gasteiger partial charge >= 0.3 is 0 Å².